The summed E-state index contributed by atoms with van der Waals surface area (Å²) in [6, 6.07) is 0. The molecular weight excluding hydrogens is 168 g/mol. The molecule has 1 unspecified atom stereocenters. The summed E-state index contributed by atoms with van der Waals surface area (Å²) in [6.45, 7) is 7.03. The number of ether oxygens (including phenoxy) is 1. The Kier molecular flexibility index (Phi) is 6.24. The van der Waals surface area contributed by atoms with E-state index in [2.05, 4.69) is 6.58 Å². The predicted molar refractivity (Wildman–Crippen MR) is 51.2 cm³/mol. The van der Waals surface area contributed by atoms with Crippen LogP contribution in [0.4, 0.5) is 0 Å². The van der Waals surface area contributed by atoms with Gasteiger partial charge in [0.1, 0.15) is 12.7 Å². The van der Waals surface area contributed by atoms with Crippen LogP contribution >= 0.6 is 0 Å². The summed E-state index contributed by atoms with van der Waals surface area (Å²) < 4.78 is 5.03. The number of carbonyl (C=O) groups excluding carboxylic acids is 1. The summed E-state index contributed by atoms with van der Waals surface area (Å²) in [5, 5.41) is 8.50. The lowest BCUT2D eigenvalue weighted by atomic mass is 10.0. The molecule has 0 aliphatic rings. The van der Waals surface area contributed by atoms with Crippen LogP contribution in [-0.4, -0.2) is 23.8 Å². The van der Waals surface area contributed by atoms with Crippen molar-refractivity contribution >= 4 is 5.97 Å². The van der Waals surface area contributed by atoms with Crippen LogP contribution in [-0.2, 0) is 9.53 Å². The van der Waals surface area contributed by atoms with Crippen LogP contribution in [0.3, 0.4) is 0 Å². The first-order valence-electron chi connectivity index (χ1n) is 4.53. The lowest BCUT2D eigenvalue weighted by Gasteiger charge is -2.20. The normalized spacial score (nSPS) is 12.6. The van der Waals surface area contributed by atoms with Crippen LogP contribution in [0.25, 0.3) is 0 Å². The van der Waals surface area contributed by atoms with Gasteiger partial charge in [-0.3, -0.25) is 0 Å². The topological polar surface area (TPSA) is 46.5 Å². The van der Waals surface area contributed by atoms with Crippen LogP contribution in [0, 0.1) is 5.92 Å². The first kappa shape index (κ1) is 12.2. The zero-order valence-corrected chi connectivity index (χ0v) is 8.32. The molecule has 0 fully saturated rings. The van der Waals surface area contributed by atoms with E-state index in [1.807, 2.05) is 13.8 Å². The molecule has 76 valence electrons. The Labute approximate surface area is 79.4 Å². The monoisotopic (exact) mass is 186 g/mol. The minimum Gasteiger partial charge on any atom is -0.460 e. The Morgan fingerprint density at radius 1 is 1.62 bits per heavy atom. The molecule has 0 aromatic heterocycles. The van der Waals surface area contributed by atoms with Gasteiger partial charge in [0.15, 0.2) is 0 Å². The summed E-state index contributed by atoms with van der Waals surface area (Å²) >= 11 is 0. The summed E-state index contributed by atoms with van der Waals surface area (Å²) in [6.07, 6.45) is 3.27. The average Bonchev–Trinajstić information content (AvgIpc) is 2.11. The second-order valence-corrected chi connectivity index (χ2v) is 3.30. The Morgan fingerprint density at radius 2 is 2.23 bits per heavy atom. The zero-order chi connectivity index (χ0) is 10.3. The molecule has 0 aromatic rings. The van der Waals surface area contributed by atoms with Gasteiger partial charge in [0.05, 0.1) is 0 Å². The molecule has 0 saturated carbocycles. The van der Waals surface area contributed by atoms with E-state index in [1.54, 1.807) is 6.08 Å². The van der Waals surface area contributed by atoms with Crippen molar-refractivity contribution in [3.05, 3.63) is 12.7 Å². The van der Waals surface area contributed by atoms with E-state index in [9.17, 15) is 4.79 Å². The number of rotatable bonds is 6. The van der Waals surface area contributed by atoms with E-state index in [0.29, 0.717) is 0 Å². The molecule has 0 aliphatic heterocycles. The quantitative estimate of drug-likeness (QED) is 0.505. The predicted octanol–water partition coefficient (Wildman–Crippen LogP) is 1.51. The minimum absolute atomic E-state index is 0.113. The van der Waals surface area contributed by atoms with Crippen LogP contribution < -0.4 is 0 Å². The smallest absolute Gasteiger partial charge is 0.332 e. The Balaban J connectivity index is 3.93. The molecule has 0 aromatic carbocycles. The van der Waals surface area contributed by atoms with Gasteiger partial charge in [0.25, 0.3) is 0 Å². The summed E-state index contributed by atoms with van der Waals surface area (Å²) in [5.41, 5.74) is 0. The van der Waals surface area contributed by atoms with Gasteiger partial charge in [-0.25, -0.2) is 4.79 Å². The van der Waals surface area contributed by atoms with Crippen molar-refractivity contribution in [2.45, 2.75) is 32.8 Å². The van der Waals surface area contributed by atoms with Gasteiger partial charge in [-0.15, -0.1) is 6.58 Å². The number of aliphatic hydroxyl groups excluding tert-OH is 1. The van der Waals surface area contributed by atoms with Crippen molar-refractivity contribution in [3.63, 3.8) is 0 Å². The SMILES string of the molecule is C=CCCC(OC(=O)CO)C(C)C. The Morgan fingerprint density at radius 3 is 2.62 bits per heavy atom. The van der Waals surface area contributed by atoms with Crippen molar-refractivity contribution in [2.75, 3.05) is 6.61 Å². The number of aliphatic hydroxyl groups is 1. The highest BCUT2D eigenvalue weighted by atomic mass is 16.6. The maximum atomic E-state index is 10.8. The minimum atomic E-state index is -0.553. The van der Waals surface area contributed by atoms with Crippen LogP contribution in [0.2, 0.25) is 0 Å². The van der Waals surface area contributed by atoms with Gasteiger partial charge >= 0.3 is 5.97 Å². The molecule has 13 heavy (non-hydrogen) atoms. The molecule has 3 nitrogen and oxygen atoms in total. The van der Waals surface area contributed by atoms with Crippen LogP contribution in [0.15, 0.2) is 12.7 Å². The van der Waals surface area contributed by atoms with E-state index in [0.717, 1.165) is 12.8 Å². The van der Waals surface area contributed by atoms with E-state index in [4.69, 9.17) is 9.84 Å². The van der Waals surface area contributed by atoms with Crippen molar-refractivity contribution in [1.82, 2.24) is 0 Å². The van der Waals surface area contributed by atoms with Gasteiger partial charge in [0.2, 0.25) is 0 Å². The molecular formula is C10H18O3. The standard InChI is InChI=1S/C10H18O3/c1-4-5-6-9(8(2)3)13-10(12)7-11/h4,8-9,11H,1,5-7H2,2-3H3. The second kappa shape index (κ2) is 6.66. The van der Waals surface area contributed by atoms with E-state index in [1.165, 1.54) is 0 Å². The van der Waals surface area contributed by atoms with Gasteiger partial charge in [-0.05, 0) is 18.8 Å². The third-order valence-corrected chi connectivity index (χ3v) is 1.81. The number of hydrogen-bond acceptors (Lipinski definition) is 3. The van der Waals surface area contributed by atoms with E-state index >= 15 is 0 Å². The highest BCUT2D eigenvalue weighted by Crippen LogP contribution is 2.13. The maximum absolute atomic E-state index is 10.8. The number of esters is 1. The molecule has 0 spiro atoms. The maximum Gasteiger partial charge on any atom is 0.332 e. The van der Waals surface area contributed by atoms with Crippen molar-refractivity contribution < 1.29 is 14.6 Å². The first-order chi connectivity index (χ1) is 6.11. The third kappa shape index (κ3) is 5.42. The largest absolute Gasteiger partial charge is 0.460 e. The molecule has 0 rings (SSSR count). The average molecular weight is 186 g/mol. The highest BCUT2D eigenvalue weighted by Gasteiger charge is 2.16. The van der Waals surface area contributed by atoms with Crippen LogP contribution in [0.1, 0.15) is 26.7 Å². The van der Waals surface area contributed by atoms with Gasteiger partial charge in [0, 0.05) is 0 Å². The molecule has 1 N–H and O–H groups in total. The first-order valence-corrected chi connectivity index (χ1v) is 4.53. The molecule has 0 saturated heterocycles. The molecule has 0 aliphatic carbocycles. The highest BCUT2D eigenvalue weighted by molar-refractivity contribution is 5.70. The number of carbonyl (C=O) groups is 1. The van der Waals surface area contributed by atoms with Gasteiger partial charge < -0.3 is 9.84 Å². The summed E-state index contributed by atoms with van der Waals surface area (Å²) in [4.78, 5) is 10.8. The third-order valence-electron chi connectivity index (χ3n) is 1.81. The van der Waals surface area contributed by atoms with E-state index in [-0.39, 0.29) is 12.0 Å². The Hall–Kier alpha value is -0.830. The van der Waals surface area contributed by atoms with Crippen molar-refractivity contribution in [3.8, 4) is 0 Å². The van der Waals surface area contributed by atoms with Gasteiger partial charge in [-0.2, -0.15) is 0 Å². The molecule has 0 heterocycles. The van der Waals surface area contributed by atoms with Crippen LogP contribution in [0.5, 0.6) is 0 Å². The Bertz CT molecular complexity index is 164. The van der Waals surface area contributed by atoms with E-state index < -0.39 is 12.6 Å². The molecule has 0 bridgehead atoms. The van der Waals surface area contributed by atoms with Crippen molar-refractivity contribution in [2.24, 2.45) is 5.92 Å². The molecule has 3 heteroatoms. The number of allylic oxidation sites excluding steroid dienone is 1. The second-order valence-electron chi connectivity index (χ2n) is 3.30. The fraction of sp³-hybridized carbons (Fsp3) is 0.700. The molecule has 1 atom stereocenters. The fourth-order valence-corrected chi connectivity index (χ4v) is 1.02. The lowest BCUT2D eigenvalue weighted by molar-refractivity contribution is -0.154. The lowest BCUT2D eigenvalue weighted by Crippen LogP contribution is -2.25. The molecule has 0 radical (unpaired) electrons. The number of hydrogen-bond donors (Lipinski definition) is 1. The summed E-state index contributed by atoms with van der Waals surface area (Å²) in [7, 11) is 0. The fourth-order valence-electron chi connectivity index (χ4n) is 1.02. The summed E-state index contributed by atoms with van der Waals surface area (Å²) in [5.74, 6) is -0.279. The zero-order valence-electron chi connectivity index (χ0n) is 8.32. The van der Waals surface area contributed by atoms with Crippen molar-refractivity contribution in [1.29, 1.82) is 0 Å². The van der Waals surface area contributed by atoms with Gasteiger partial charge in [-0.1, -0.05) is 19.9 Å². The molecule has 0 amide bonds.